The molecular weight excluding hydrogens is 222 g/mol. The maximum Gasteiger partial charge on any atom is 0.0719 e. The molecular formula is C15H15N3. The Morgan fingerprint density at radius 3 is 2.67 bits per heavy atom. The fourth-order valence-corrected chi connectivity index (χ4v) is 1.65. The first kappa shape index (κ1) is 11.9. The standard InChI is InChI=1S/C15H15N3/c1-11(16)14-9-5-6-12(15(14)17)10-18-13-7-3-2-4-8-13/h2-10,17-18H,1,16H2/b12-10-,17-15?. The van der Waals surface area contributed by atoms with Gasteiger partial charge in [-0.15, -0.1) is 0 Å². The van der Waals surface area contributed by atoms with Gasteiger partial charge in [-0.25, -0.2) is 0 Å². The van der Waals surface area contributed by atoms with Gasteiger partial charge in [-0.2, -0.15) is 0 Å². The highest BCUT2D eigenvalue weighted by molar-refractivity contribution is 6.15. The molecule has 0 aromatic heterocycles. The van der Waals surface area contributed by atoms with Crippen molar-refractivity contribution >= 4 is 11.4 Å². The molecule has 0 fully saturated rings. The summed E-state index contributed by atoms with van der Waals surface area (Å²) >= 11 is 0. The number of nitrogens with two attached hydrogens (primary N) is 1. The van der Waals surface area contributed by atoms with Crippen LogP contribution in [0, 0.1) is 5.41 Å². The van der Waals surface area contributed by atoms with Gasteiger partial charge in [0.05, 0.1) is 5.71 Å². The Morgan fingerprint density at radius 1 is 1.28 bits per heavy atom. The Morgan fingerprint density at radius 2 is 2.00 bits per heavy atom. The number of para-hydroxylation sites is 1. The molecule has 0 atom stereocenters. The average molecular weight is 237 g/mol. The molecule has 0 radical (unpaired) electrons. The van der Waals surface area contributed by atoms with E-state index in [1.165, 1.54) is 0 Å². The normalized spacial score (nSPS) is 16.6. The van der Waals surface area contributed by atoms with Crippen LogP contribution in [0.2, 0.25) is 0 Å². The molecule has 0 spiro atoms. The summed E-state index contributed by atoms with van der Waals surface area (Å²) in [7, 11) is 0. The summed E-state index contributed by atoms with van der Waals surface area (Å²) in [5.74, 6) is 0. The Balaban J connectivity index is 2.16. The molecule has 2 rings (SSSR count). The van der Waals surface area contributed by atoms with Crippen LogP contribution in [-0.2, 0) is 0 Å². The summed E-state index contributed by atoms with van der Waals surface area (Å²) in [6.07, 6.45) is 7.32. The summed E-state index contributed by atoms with van der Waals surface area (Å²) in [5, 5.41) is 11.2. The number of rotatable bonds is 3. The van der Waals surface area contributed by atoms with Gasteiger partial charge in [0.25, 0.3) is 0 Å². The van der Waals surface area contributed by atoms with Crippen LogP contribution in [0.3, 0.4) is 0 Å². The number of hydrogen-bond acceptors (Lipinski definition) is 3. The lowest BCUT2D eigenvalue weighted by molar-refractivity contribution is 1.35. The first-order valence-electron chi connectivity index (χ1n) is 5.62. The maximum atomic E-state index is 8.03. The molecule has 0 heterocycles. The number of anilines is 1. The summed E-state index contributed by atoms with van der Waals surface area (Å²) in [6, 6.07) is 9.80. The van der Waals surface area contributed by atoms with Gasteiger partial charge in [0.15, 0.2) is 0 Å². The van der Waals surface area contributed by atoms with Crippen molar-refractivity contribution in [1.82, 2.24) is 0 Å². The van der Waals surface area contributed by atoms with E-state index in [0.29, 0.717) is 17.0 Å². The zero-order chi connectivity index (χ0) is 13.0. The number of benzene rings is 1. The predicted octanol–water partition coefficient (Wildman–Crippen LogP) is 2.97. The highest BCUT2D eigenvalue weighted by Crippen LogP contribution is 2.18. The third kappa shape index (κ3) is 2.58. The van der Waals surface area contributed by atoms with Gasteiger partial charge >= 0.3 is 0 Å². The molecule has 1 aliphatic carbocycles. The SMILES string of the molecule is C=C(N)C1=CC=C/C(=C/Nc2ccccc2)C1=N. The highest BCUT2D eigenvalue weighted by Gasteiger charge is 2.12. The van der Waals surface area contributed by atoms with Gasteiger partial charge in [-0.3, -0.25) is 5.41 Å². The van der Waals surface area contributed by atoms with E-state index in [1.54, 1.807) is 12.3 Å². The summed E-state index contributed by atoms with van der Waals surface area (Å²) in [5.41, 5.74) is 8.86. The molecule has 0 amide bonds. The van der Waals surface area contributed by atoms with Crippen molar-refractivity contribution in [3.63, 3.8) is 0 Å². The fourth-order valence-electron chi connectivity index (χ4n) is 1.65. The van der Waals surface area contributed by atoms with Crippen LogP contribution in [0.15, 0.2) is 78.2 Å². The van der Waals surface area contributed by atoms with Crippen molar-refractivity contribution in [3.8, 4) is 0 Å². The lowest BCUT2D eigenvalue weighted by Crippen LogP contribution is -2.13. The lowest BCUT2D eigenvalue weighted by atomic mass is 9.96. The van der Waals surface area contributed by atoms with E-state index in [-0.39, 0.29) is 0 Å². The molecule has 3 nitrogen and oxygen atoms in total. The van der Waals surface area contributed by atoms with E-state index in [2.05, 4.69) is 11.9 Å². The summed E-state index contributed by atoms with van der Waals surface area (Å²) in [6.45, 7) is 3.67. The van der Waals surface area contributed by atoms with Gasteiger partial charge in [-0.05, 0) is 12.1 Å². The molecule has 0 saturated heterocycles. The zero-order valence-electron chi connectivity index (χ0n) is 9.98. The van der Waals surface area contributed by atoms with Gasteiger partial charge in [0.2, 0.25) is 0 Å². The largest absolute Gasteiger partial charge is 0.399 e. The smallest absolute Gasteiger partial charge is 0.0719 e. The fraction of sp³-hybridized carbons (Fsp3) is 0. The summed E-state index contributed by atoms with van der Waals surface area (Å²) in [4.78, 5) is 0. The van der Waals surface area contributed by atoms with Crippen LogP contribution in [-0.4, -0.2) is 5.71 Å². The maximum absolute atomic E-state index is 8.03. The third-order valence-electron chi connectivity index (χ3n) is 2.61. The van der Waals surface area contributed by atoms with E-state index in [4.69, 9.17) is 11.1 Å². The van der Waals surface area contributed by atoms with Crippen molar-refractivity contribution in [2.75, 3.05) is 5.32 Å². The third-order valence-corrected chi connectivity index (χ3v) is 2.61. The van der Waals surface area contributed by atoms with Gasteiger partial charge < -0.3 is 11.1 Å². The Hall–Kier alpha value is -2.55. The molecule has 3 heteroatoms. The van der Waals surface area contributed by atoms with Gasteiger partial charge in [0, 0.05) is 28.7 Å². The second-order valence-corrected chi connectivity index (χ2v) is 3.95. The van der Waals surface area contributed by atoms with E-state index in [9.17, 15) is 0 Å². The Bertz CT molecular complexity index is 563. The van der Waals surface area contributed by atoms with Gasteiger partial charge in [-0.1, -0.05) is 43.0 Å². The summed E-state index contributed by atoms with van der Waals surface area (Å²) < 4.78 is 0. The van der Waals surface area contributed by atoms with Crippen molar-refractivity contribution in [2.24, 2.45) is 5.73 Å². The van der Waals surface area contributed by atoms with Crippen molar-refractivity contribution in [3.05, 3.63) is 78.2 Å². The van der Waals surface area contributed by atoms with E-state index < -0.39 is 0 Å². The van der Waals surface area contributed by atoms with Crippen LogP contribution < -0.4 is 11.1 Å². The molecule has 1 aliphatic rings. The topological polar surface area (TPSA) is 61.9 Å². The van der Waals surface area contributed by atoms with Crippen LogP contribution in [0.4, 0.5) is 5.69 Å². The molecule has 1 aromatic carbocycles. The van der Waals surface area contributed by atoms with Crippen LogP contribution in [0.5, 0.6) is 0 Å². The molecule has 0 aliphatic heterocycles. The molecule has 0 unspecified atom stereocenters. The van der Waals surface area contributed by atoms with E-state index in [1.807, 2.05) is 42.5 Å². The highest BCUT2D eigenvalue weighted by atomic mass is 14.8. The van der Waals surface area contributed by atoms with E-state index >= 15 is 0 Å². The Kier molecular flexibility index (Phi) is 3.44. The Labute approximate surface area is 107 Å². The lowest BCUT2D eigenvalue weighted by Gasteiger charge is -2.13. The van der Waals surface area contributed by atoms with Crippen molar-refractivity contribution < 1.29 is 0 Å². The second kappa shape index (κ2) is 5.19. The second-order valence-electron chi connectivity index (χ2n) is 3.95. The number of allylic oxidation sites excluding steroid dienone is 5. The zero-order valence-corrected chi connectivity index (χ0v) is 9.98. The number of nitrogens with one attached hydrogen (secondary N) is 2. The minimum absolute atomic E-state index is 0.383. The molecule has 18 heavy (non-hydrogen) atoms. The minimum Gasteiger partial charge on any atom is -0.399 e. The average Bonchev–Trinajstić information content (AvgIpc) is 2.38. The first-order chi connectivity index (χ1) is 8.68. The first-order valence-corrected chi connectivity index (χ1v) is 5.62. The van der Waals surface area contributed by atoms with Gasteiger partial charge in [0.1, 0.15) is 0 Å². The van der Waals surface area contributed by atoms with Crippen LogP contribution in [0.25, 0.3) is 0 Å². The molecule has 0 bridgehead atoms. The monoisotopic (exact) mass is 237 g/mol. The quantitative estimate of drug-likeness (QED) is 0.756. The molecule has 1 aromatic rings. The van der Waals surface area contributed by atoms with Crippen LogP contribution in [0.1, 0.15) is 0 Å². The number of hydrogen-bond donors (Lipinski definition) is 3. The van der Waals surface area contributed by atoms with E-state index in [0.717, 1.165) is 11.3 Å². The van der Waals surface area contributed by atoms with Crippen molar-refractivity contribution in [2.45, 2.75) is 0 Å². The predicted molar refractivity (Wildman–Crippen MR) is 76.4 cm³/mol. The van der Waals surface area contributed by atoms with Crippen molar-refractivity contribution in [1.29, 1.82) is 5.41 Å². The molecule has 4 N–H and O–H groups in total. The van der Waals surface area contributed by atoms with Crippen LogP contribution >= 0.6 is 0 Å². The molecule has 90 valence electrons. The molecule has 0 saturated carbocycles. The minimum atomic E-state index is 0.383.